The third-order valence-corrected chi connectivity index (χ3v) is 2.66. The summed E-state index contributed by atoms with van der Waals surface area (Å²) in [5.74, 6) is 0. The topological polar surface area (TPSA) is 0 Å². The van der Waals surface area contributed by atoms with Crippen LogP contribution in [0.25, 0.3) is 0 Å². The second kappa shape index (κ2) is 4.81. The Morgan fingerprint density at radius 2 is 1.80 bits per heavy atom. The average molecular weight is 278 g/mol. The zero-order chi connectivity index (χ0) is 11.6. The molecular formula is C9H6Cl3F3. The molecule has 0 saturated heterocycles. The van der Waals surface area contributed by atoms with Crippen LogP contribution in [0.5, 0.6) is 0 Å². The first-order valence-corrected chi connectivity index (χ1v) is 5.14. The number of benzene rings is 1. The summed E-state index contributed by atoms with van der Waals surface area (Å²) in [7, 11) is 0. The molecule has 0 amide bonds. The van der Waals surface area contributed by atoms with Crippen LogP contribution < -0.4 is 0 Å². The van der Waals surface area contributed by atoms with Gasteiger partial charge in [0.2, 0.25) is 0 Å². The van der Waals surface area contributed by atoms with E-state index in [1.807, 2.05) is 0 Å². The van der Waals surface area contributed by atoms with Crippen LogP contribution in [0.2, 0.25) is 10.0 Å². The molecular weight excluding hydrogens is 271 g/mol. The Bertz CT molecular complexity index is 349. The molecule has 1 atom stereocenters. The Kier molecular flexibility index (Phi) is 4.15. The Balaban J connectivity index is 2.87. The third-order valence-electron chi connectivity index (χ3n) is 1.71. The van der Waals surface area contributed by atoms with Crippen LogP contribution in [0.15, 0.2) is 18.2 Å². The zero-order valence-electron chi connectivity index (χ0n) is 7.28. The lowest BCUT2D eigenvalue weighted by Gasteiger charge is -2.13. The molecule has 0 fully saturated rings. The van der Waals surface area contributed by atoms with Crippen LogP contribution in [0.4, 0.5) is 13.2 Å². The highest BCUT2D eigenvalue weighted by molar-refractivity contribution is 6.35. The van der Waals surface area contributed by atoms with Gasteiger partial charge in [-0.05, 0) is 17.7 Å². The second-order valence-electron chi connectivity index (χ2n) is 2.95. The number of rotatable bonds is 2. The van der Waals surface area contributed by atoms with Crippen molar-refractivity contribution in [2.45, 2.75) is 18.0 Å². The fraction of sp³-hybridized carbons (Fsp3) is 0.333. The van der Waals surface area contributed by atoms with Crippen LogP contribution in [-0.2, 0) is 0 Å². The summed E-state index contributed by atoms with van der Waals surface area (Å²) in [4.78, 5) is 0. The lowest BCUT2D eigenvalue weighted by molar-refractivity contribution is -0.134. The highest BCUT2D eigenvalue weighted by atomic mass is 35.5. The van der Waals surface area contributed by atoms with Gasteiger partial charge in [-0.1, -0.05) is 29.3 Å². The summed E-state index contributed by atoms with van der Waals surface area (Å²) < 4.78 is 36.1. The maximum absolute atomic E-state index is 12.0. The summed E-state index contributed by atoms with van der Waals surface area (Å²) in [6.45, 7) is 0. The normalized spacial score (nSPS) is 14.0. The van der Waals surface area contributed by atoms with E-state index in [-0.39, 0.29) is 10.6 Å². The summed E-state index contributed by atoms with van der Waals surface area (Å²) in [5, 5.41) is -0.679. The van der Waals surface area contributed by atoms with Crippen molar-refractivity contribution in [1.29, 1.82) is 0 Å². The van der Waals surface area contributed by atoms with Crippen molar-refractivity contribution in [2.24, 2.45) is 0 Å². The summed E-state index contributed by atoms with van der Waals surface area (Å²) in [5.41, 5.74) is 0.236. The highest BCUT2D eigenvalue weighted by Gasteiger charge is 2.32. The molecule has 0 nitrogen and oxygen atoms in total. The average Bonchev–Trinajstić information content (AvgIpc) is 1.99. The molecule has 0 heterocycles. The van der Waals surface area contributed by atoms with Crippen molar-refractivity contribution < 1.29 is 13.2 Å². The first-order valence-electron chi connectivity index (χ1n) is 3.95. The first kappa shape index (κ1) is 12.9. The molecule has 1 aromatic rings. The molecule has 0 radical (unpaired) electrons. The zero-order valence-corrected chi connectivity index (χ0v) is 9.55. The van der Waals surface area contributed by atoms with Crippen molar-refractivity contribution in [2.75, 3.05) is 0 Å². The van der Waals surface area contributed by atoms with Gasteiger partial charge >= 0.3 is 6.18 Å². The summed E-state index contributed by atoms with van der Waals surface area (Å²) in [6.07, 6.45) is -5.43. The molecule has 0 bridgehead atoms. The molecule has 0 aliphatic heterocycles. The van der Waals surface area contributed by atoms with E-state index in [9.17, 15) is 13.2 Å². The molecule has 1 rings (SSSR count). The van der Waals surface area contributed by atoms with Gasteiger partial charge in [0.1, 0.15) is 0 Å². The molecule has 0 saturated carbocycles. The van der Waals surface area contributed by atoms with Gasteiger partial charge in [0.05, 0.1) is 11.8 Å². The van der Waals surface area contributed by atoms with Gasteiger partial charge in [0.15, 0.2) is 0 Å². The molecule has 0 spiro atoms. The Labute approximate surface area is 99.9 Å². The number of hydrogen-bond acceptors (Lipinski definition) is 0. The van der Waals surface area contributed by atoms with Gasteiger partial charge in [-0.2, -0.15) is 13.2 Å². The van der Waals surface area contributed by atoms with Gasteiger partial charge in [-0.25, -0.2) is 0 Å². The van der Waals surface area contributed by atoms with E-state index in [1.165, 1.54) is 18.2 Å². The van der Waals surface area contributed by atoms with Crippen LogP contribution in [0.3, 0.4) is 0 Å². The van der Waals surface area contributed by atoms with Crippen molar-refractivity contribution in [3.63, 3.8) is 0 Å². The quantitative estimate of drug-likeness (QED) is 0.650. The van der Waals surface area contributed by atoms with E-state index in [1.54, 1.807) is 0 Å². The van der Waals surface area contributed by atoms with Crippen LogP contribution in [0.1, 0.15) is 17.4 Å². The number of hydrogen-bond donors (Lipinski definition) is 0. The molecule has 0 N–H and O–H groups in total. The molecule has 0 aliphatic carbocycles. The monoisotopic (exact) mass is 276 g/mol. The predicted octanol–water partition coefficient (Wildman–Crippen LogP) is 5.23. The Hall–Kier alpha value is -0.120. The first-order chi connectivity index (χ1) is 6.79. The van der Waals surface area contributed by atoms with E-state index in [0.717, 1.165) is 0 Å². The second-order valence-corrected chi connectivity index (χ2v) is 4.32. The Morgan fingerprint density at radius 1 is 1.20 bits per heavy atom. The Morgan fingerprint density at radius 3 is 2.27 bits per heavy atom. The van der Waals surface area contributed by atoms with Gasteiger partial charge in [0.25, 0.3) is 0 Å². The van der Waals surface area contributed by atoms with Crippen LogP contribution in [-0.4, -0.2) is 6.18 Å². The smallest absolute Gasteiger partial charge is 0.171 e. The molecule has 0 aliphatic rings. The molecule has 1 aromatic carbocycles. The summed E-state index contributed by atoms with van der Waals surface area (Å²) in [6, 6.07) is 4.22. The van der Waals surface area contributed by atoms with E-state index >= 15 is 0 Å². The van der Waals surface area contributed by atoms with Gasteiger partial charge in [-0.3, -0.25) is 0 Å². The van der Waals surface area contributed by atoms with Crippen LogP contribution >= 0.6 is 34.8 Å². The van der Waals surface area contributed by atoms with Crippen molar-refractivity contribution in [3.05, 3.63) is 33.8 Å². The lowest BCUT2D eigenvalue weighted by Crippen LogP contribution is -2.10. The van der Waals surface area contributed by atoms with Gasteiger partial charge < -0.3 is 0 Å². The van der Waals surface area contributed by atoms with E-state index in [0.29, 0.717) is 5.02 Å². The highest BCUT2D eigenvalue weighted by Crippen LogP contribution is 2.37. The van der Waals surface area contributed by atoms with Crippen molar-refractivity contribution in [1.82, 2.24) is 0 Å². The van der Waals surface area contributed by atoms with Crippen molar-refractivity contribution in [3.8, 4) is 0 Å². The molecule has 15 heavy (non-hydrogen) atoms. The predicted molar refractivity (Wildman–Crippen MR) is 55.7 cm³/mol. The maximum atomic E-state index is 12.0. The maximum Gasteiger partial charge on any atom is 0.390 e. The van der Waals surface area contributed by atoms with Crippen molar-refractivity contribution >= 4 is 34.8 Å². The SMILES string of the molecule is FC(F)(F)CC(Cl)c1ccc(Cl)cc1Cl. The third kappa shape index (κ3) is 4.09. The molecule has 0 aromatic heterocycles. The lowest BCUT2D eigenvalue weighted by atomic mass is 10.1. The number of halogens is 6. The minimum absolute atomic E-state index is 0.145. The van der Waals surface area contributed by atoms with E-state index < -0.39 is 18.0 Å². The fourth-order valence-electron chi connectivity index (χ4n) is 1.07. The number of alkyl halides is 4. The molecule has 6 heteroatoms. The minimum Gasteiger partial charge on any atom is -0.171 e. The minimum atomic E-state index is -4.31. The van der Waals surface area contributed by atoms with E-state index in [4.69, 9.17) is 34.8 Å². The fourth-order valence-corrected chi connectivity index (χ4v) is 2.03. The summed E-state index contributed by atoms with van der Waals surface area (Å²) >= 11 is 16.9. The van der Waals surface area contributed by atoms with E-state index in [2.05, 4.69) is 0 Å². The standard InChI is InChI=1S/C9H6Cl3F3/c10-5-1-2-6(7(11)3-5)8(12)4-9(13,14)15/h1-3,8H,4H2. The molecule has 1 unspecified atom stereocenters. The van der Waals surface area contributed by atoms with Gasteiger partial charge in [0, 0.05) is 10.0 Å². The largest absolute Gasteiger partial charge is 0.390 e. The molecule has 84 valence electrons. The van der Waals surface area contributed by atoms with Crippen LogP contribution in [0, 0.1) is 0 Å². The van der Waals surface area contributed by atoms with Gasteiger partial charge in [-0.15, -0.1) is 11.6 Å².